The Morgan fingerprint density at radius 2 is 1.96 bits per heavy atom. The third-order valence-corrected chi connectivity index (χ3v) is 4.03. The van der Waals surface area contributed by atoms with Crippen LogP contribution in [0.25, 0.3) is 0 Å². The predicted octanol–water partition coefficient (Wildman–Crippen LogP) is 3.66. The monoisotopic (exact) mass is 408 g/mol. The molecular formula is C17H17BrN2O3S. The van der Waals surface area contributed by atoms with E-state index in [-0.39, 0.29) is 23.4 Å². The number of rotatable bonds is 4. The van der Waals surface area contributed by atoms with Crippen LogP contribution in [0.4, 0.5) is 5.69 Å². The highest BCUT2D eigenvalue weighted by atomic mass is 79.9. The molecule has 0 atom stereocenters. The maximum absolute atomic E-state index is 11.9. The summed E-state index contributed by atoms with van der Waals surface area (Å²) < 4.78 is 6.01. The average molecular weight is 409 g/mol. The number of aryl methyl sites for hydroxylation is 2. The van der Waals surface area contributed by atoms with Gasteiger partial charge in [0.25, 0.3) is 5.91 Å². The lowest BCUT2D eigenvalue weighted by Crippen LogP contribution is -2.37. The van der Waals surface area contributed by atoms with Crippen LogP contribution in [0.2, 0.25) is 0 Å². The molecule has 0 fully saturated rings. The number of anilines is 1. The number of halogens is 1. The molecular weight excluding hydrogens is 392 g/mol. The van der Waals surface area contributed by atoms with Crippen LogP contribution in [0.15, 0.2) is 40.9 Å². The summed E-state index contributed by atoms with van der Waals surface area (Å²) in [5, 5.41) is 15.3. The minimum Gasteiger partial charge on any atom is -0.506 e. The van der Waals surface area contributed by atoms with E-state index in [2.05, 4.69) is 26.6 Å². The van der Waals surface area contributed by atoms with Crippen LogP contribution < -0.4 is 15.4 Å². The number of aromatic hydroxyl groups is 1. The number of thiocarbonyl (C=S) groups is 1. The number of hydrogen-bond acceptors (Lipinski definition) is 4. The molecule has 2 aromatic carbocycles. The Morgan fingerprint density at radius 1 is 1.25 bits per heavy atom. The summed E-state index contributed by atoms with van der Waals surface area (Å²) in [5.41, 5.74) is 2.29. The summed E-state index contributed by atoms with van der Waals surface area (Å²) in [6.45, 7) is 3.54. The molecule has 0 spiro atoms. The second kappa shape index (κ2) is 8.12. The first-order valence-corrected chi connectivity index (χ1v) is 8.35. The van der Waals surface area contributed by atoms with Crippen molar-refractivity contribution in [2.24, 2.45) is 0 Å². The summed E-state index contributed by atoms with van der Waals surface area (Å²) in [4.78, 5) is 11.9. The zero-order chi connectivity index (χ0) is 17.7. The van der Waals surface area contributed by atoms with Crippen molar-refractivity contribution in [1.29, 1.82) is 0 Å². The van der Waals surface area contributed by atoms with Gasteiger partial charge in [-0.15, -0.1) is 0 Å². The Labute approximate surface area is 154 Å². The van der Waals surface area contributed by atoms with Gasteiger partial charge < -0.3 is 15.2 Å². The Kier molecular flexibility index (Phi) is 6.16. The van der Waals surface area contributed by atoms with Crippen molar-refractivity contribution in [3.05, 3.63) is 52.0 Å². The first-order chi connectivity index (χ1) is 11.4. The molecule has 0 aliphatic carbocycles. The second-order valence-corrected chi connectivity index (χ2v) is 6.44. The molecule has 0 saturated heterocycles. The number of phenolic OH excluding ortho intramolecular Hbond substituents is 1. The molecule has 0 bridgehead atoms. The molecule has 3 N–H and O–H groups in total. The summed E-state index contributed by atoms with van der Waals surface area (Å²) in [6.07, 6.45) is 0. The SMILES string of the molecule is Cc1ccccc1OCC(=O)NC(=S)Nc1cc(C)c(O)c(Br)c1. The first kappa shape index (κ1) is 18.2. The van der Waals surface area contributed by atoms with Crippen molar-refractivity contribution in [3.63, 3.8) is 0 Å². The number of amides is 1. The lowest BCUT2D eigenvalue weighted by atomic mass is 10.2. The van der Waals surface area contributed by atoms with Crippen molar-refractivity contribution >= 4 is 44.9 Å². The van der Waals surface area contributed by atoms with E-state index in [1.54, 1.807) is 25.1 Å². The van der Waals surface area contributed by atoms with Crippen molar-refractivity contribution in [2.45, 2.75) is 13.8 Å². The van der Waals surface area contributed by atoms with Crippen LogP contribution in [0.1, 0.15) is 11.1 Å². The van der Waals surface area contributed by atoms with E-state index >= 15 is 0 Å². The fourth-order valence-electron chi connectivity index (χ4n) is 2.00. The van der Waals surface area contributed by atoms with Crippen molar-refractivity contribution < 1.29 is 14.6 Å². The molecule has 1 amide bonds. The van der Waals surface area contributed by atoms with E-state index in [0.717, 1.165) is 5.56 Å². The van der Waals surface area contributed by atoms with Gasteiger partial charge in [0.15, 0.2) is 11.7 Å². The van der Waals surface area contributed by atoms with Crippen LogP contribution in [-0.2, 0) is 4.79 Å². The van der Waals surface area contributed by atoms with Crippen LogP contribution in [-0.4, -0.2) is 22.7 Å². The number of carbonyl (C=O) groups is 1. The van der Waals surface area contributed by atoms with Gasteiger partial charge in [0.05, 0.1) is 4.47 Å². The highest BCUT2D eigenvalue weighted by Gasteiger charge is 2.09. The predicted molar refractivity (Wildman–Crippen MR) is 102 cm³/mol. The molecule has 0 aromatic heterocycles. The lowest BCUT2D eigenvalue weighted by Gasteiger charge is -2.12. The molecule has 0 aliphatic heterocycles. The minimum absolute atomic E-state index is 0.134. The summed E-state index contributed by atoms with van der Waals surface area (Å²) >= 11 is 8.37. The zero-order valence-electron chi connectivity index (χ0n) is 13.2. The van der Waals surface area contributed by atoms with Crippen molar-refractivity contribution in [1.82, 2.24) is 5.32 Å². The molecule has 126 valence electrons. The highest BCUT2D eigenvalue weighted by Crippen LogP contribution is 2.30. The van der Waals surface area contributed by atoms with Gasteiger partial charge in [0, 0.05) is 5.69 Å². The molecule has 0 aliphatic rings. The van der Waals surface area contributed by atoms with Gasteiger partial charge in [-0.1, -0.05) is 18.2 Å². The number of para-hydroxylation sites is 1. The highest BCUT2D eigenvalue weighted by molar-refractivity contribution is 9.10. The quantitative estimate of drug-likeness (QED) is 0.531. The number of ether oxygens (including phenoxy) is 1. The van der Waals surface area contributed by atoms with Crippen molar-refractivity contribution in [2.75, 3.05) is 11.9 Å². The lowest BCUT2D eigenvalue weighted by molar-refractivity contribution is -0.121. The summed E-state index contributed by atoms with van der Waals surface area (Å²) in [5.74, 6) is 0.470. The molecule has 0 saturated carbocycles. The molecule has 5 nitrogen and oxygen atoms in total. The number of benzene rings is 2. The maximum atomic E-state index is 11.9. The van der Waals surface area contributed by atoms with Crippen LogP contribution >= 0.6 is 28.1 Å². The Hall–Kier alpha value is -2.12. The first-order valence-electron chi connectivity index (χ1n) is 7.15. The van der Waals surface area contributed by atoms with Gasteiger partial charge in [0.1, 0.15) is 11.5 Å². The van der Waals surface area contributed by atoms with E-state index in [9.17, 15) is 9.90 Å². The normalized spacial score (nSPS) is 10.1. The number of hydrogen-bond donors (Lipinski definition) is 3. The fraction of sp³-hybridized carbons (Fsp3) is 0.176. The average Bonchev–Trinajstić information content (AvgIpc) is 2.51. The molecule has 2 rings (SSSR count). The minimum atomic E-state index is -0.356. The number of nitrogens with one attached hydrogen (secondary N) is 2. The van der Waals surface area contributed by atoms with Gasteiger partial charge >= 0.3 is 0 Å². The summed E-state index contributed by atoms with van der Waals surface area (Å²) in [7, 11) is 0. The Bertz CT molecular complexity index is 757. The third-order valence-electron chi connectivity index (χ3n) is 3.22. The standard InChI is InChI=1S/C17H17BrN2O3S/c1-10-5-3-4-6-14(10)23-9-15(21)20-17(24)19-12-7-11(2)16(22)13(18)8-12/h3-8,22H,9H2,1-2H3,(H2,19,20,21,24). The largest absolute Gasteiger partial charge is 0.506 e. The topological polar surface area (TPSA) is 70.6 Å². The van der Waals surface area contributed by atoms with Gasteiger partial charge in [-0.05, 0) is 71.3 Å². The second-order valence-electron chi connectivity index (χ2n) is 5.18. The number of carbonyl (C=O) groups excluding carboxylic acids is 1. The zero-order valence-corrected chi connectivity index (χ0v) is 15.6. The van der Waals surface area contributed by atoms with E-state index < -0.39 is 0 Å². The molecule has 7 heteroatoms. The van der Waals surface area contributed by atoms with Crippen molar-refractivity contribution in [3.8, 4) is 11.5 Å². The van der Waals surface area contributed by atoms with Gasteiger partial charge in [-0.2, -0.15) is 0 Å². The van der Waals surface area contributed by atoms with Gasteiger partial charge in [-0.3, -0.25) is 10.1 Å². The smallest absolute Gasteiger partial charge is 0.264 e. The Balaban J connectivity index is 1.88. The molecule has 0 radical (unpaired) electrons. The van der Waals surface area contributed by atoms with Crippen LogP contribution in [0.5, 0.6) is 11.5 Å². The van der Waals surface area contributed by atoms with E-state index in [0.29, 0.717) is 21.5 Å². The Morgan fingerprint density at radius 3 is 2.62 bits per heavy atom. The van der Waals surface area contributed by atoms with Crippen LogP contribution in [0, 0.1) is 13.8 Å². The fourth-order valence-corrected chi connectivity index (χ4v) is 2.79. The number of phenols is 1. The van der Waals surface area contributed by atoms with E-state index in [1.165, 1.54) is 0 Å². The van der Waals surface area contributed by atoms with Gasteiger partial charge in [0.2, 0.25) is 0 Å². The van der Waals surface area contributed by atoms with Crippen LogP contribution in [0.3, 0.4) is 0 Å². The molecule has 0 unspecified atom stereocenters. The van der Waals surface area contributed by atoms with Gasteiger partial charge in [-0.25, -0.2) is 0 Å². The molecule has 24 heavy (non-hydrogen) atoms. The molecule has 2 aromatic rings. The van der Waals surface area contributed by atoms with E-state index in [4.69, 9.17) is 17.0 Å². The summed E-state index contributed by atoms with van der Waals surface area (Å²) in [6, 6.07) is 10.9. The van der Waals surface area contributed by atoms with E-state index in [1.807, 2.05) is 25.1 Å². The molecule has 0 heterocycles. The third kappa shape index (κ3) is 4.94. The maximum Gasteiger partial charge on any atom is 0.264 e.